The van der Waals surface area contributed by atoms with Gasteiger partial charge in [0.1, 0.15) is 0 Å². The number of hydrogen-bond donors (Lipinski definition) is 0. The quantitative estimate of drug-likeness (QED) is 0.580. The lowest BCUT2D eigenvalue weighted by atomic mass is 9.72. The Balaban J connectivity index is 1.85. The number of hydroxylamine groups is 2. The molecule has 23 heavy (non-hydrogen) atoms. The Morgan fingerprint density at radius 2 is 2.04 bits per heavy atom. The van der Waals surface area contributed by atoms with Crippen molar-refractivity contribution in [2.75, 3.05) is 7.11 Å². The summed E-state index contributed by atoms with van der Waals surface area (Å²) in [4.78, 5) is 23.9. The zero-order chi connectivity index (χ0) is 16.8. The van der Waals surface area contributed by atoms with Crippen LogP contribution in [0.3, 0.4) is 0 Å². The Kier molecular flexibility index (Phi) is 4.61. The highest BCUT2D eigenvalue weighted by atomic mass is 28.4. The monoisotopic (exact) mass is 343 g/mol. The molecule has 0 radical (unpaired) electrons. The molecule has 7 heteroatoms. The van der Waals surface area contributed by atoms with Crippen LogP contribution in [-0.2, 0) is 23.6 Å². The van der Waals surface area contributed by atoms with Crippen molar-refractivity contribution in [3.8, 4) is 0 Å². The van der Waals surface area contributed by atoms with E-state index in [0.29, 0.717) is 18.3 Å². The first kappa shape index (κ1) is 17.4. The summed E-state index contributed by atoms with van der Waals surface area (Å²) in [6.45, 7) is 8.81. The van der Waals surface area contributed by atoms with Gasteiger partial charge in [0.05, 0.1) is 13.2 Å². The highest BCUT2D eigenvalue weighted by Gasteiger charge is 2.59. The van der Waals surface area contributed by atoms with E-state index in [1.54, 1.807) is 5.23 Å². The molecule has 0 aromatic carbocycles. The second-order valence-corrected chi connectivity index (χ2v) is 12.5. The fraction of sp³-hybridized carbons (Fsp3) is 0.938. The highest BCUT2D eigenvalue weighted by molar-refractivity contribution is 6.69. The van der Waals surface area contributed by atoms with E-state index < -0.39 is 20.2 Å². The van der Waals surface area contributed by atoms with E-state index in [1.165, 1.54) is 13.5 Å². The Bertz CT molecular complexity index is 468. The molecule has 2 saturated heterocycles. The largest absolute Gasteiger partial charge is 0.467 e. The van der Waals surface area contributed by atoms with Crippen LogP contribution in [0.1, 0.15) is 39.0 Å². The van der Waals surface area contributed by atoms with Gasteiger partial charge in [0.15, 0.2) is 20.2 Å². The fourth-order valence-electron chi connectivity index (χ4n) is 4.32. The van der Waals surface area contributed by atoms with Crippen molar-refractivity contribution < 1.29 is 23.6 Å². The molecule has 1 aliphatic carbocycles. The molecule has 5 atom stereocenters. The lowest BCUT2D eigenvalue weighted by molar-refractivity contribution is -0.484. The Hall–Kier alpha value is -0.473. The van der Waals surface area contributed by atoms with Gasteiger partial charge in [0.25, 0.3) is 0 Å². The van der Waals surface area contributed by atoms with E-state index in [9.17, 15) is 4.79 Å². The van der Waals surface area contributed by atoms with Gasteiger partial charge in [0.2, 0.25) is 0 Å². The van der Waals surface area contributed by atoms with Crippen LogP contribution >= 0.6 is 0 Å². The van der Waals surface area contributed by atoms with Crippen LogP contribution in [0.25, 0.3) is 0 Å². The van der Waals surface area contributed by atoms with Gasteiger partial charge in [-0.2, -0.15) is 0 Å². The maximum absolute atomic E-state index is 11.8. The molecule has 3 rings (SSSR count). The molecule has 0 spiro atoms. The number of fused-ring (bicyclic) bond motifs is 2. The van der Waals surface area contributed by atoms with Gasteiger partial charge in [-0.25, -0.2) is 9.63 Å². The molecule has 3 aliphatic rings. The number of methoxy groups -OCH3 is 1. The lowest BCUT2D eigenvalue weighted by Crippen LogP contribution is -2.62. The Morgan fingerprint density at radius 3 is 2.70 bits per heavy atom. The van der Waals surface area contributed by atoms with E-state index >= 15 is 0 Å². The second kappa shape index (κ2) is 6.11. The molecule has 2 aliphatic heterocycles. The van der Waals surface area contributed by atoms with Crippen molar-refractivity contribution in [2.24, 2.45) is 11.8 Å². The normalized spacial score (nSPS) is 41.3. The molecule has 6 nitrogen and oxygen atoms in total. The summed E-state index contributed by atoms with van der Waals surface area (Å²) in [6, 6.07) is 0.0839. The summed E-state index contributed by atoms with van der Waals surface area (Å²) >= 11 is 0. The number of nitrogens with zero attached hydrogens (tertiary/aromatic N) is 1. The molecule has 1 saturated carbocycles. The minimum absolute atomic E-state index is 0.0839. The maximum atomic E-state index is 11.8. The van der Waals surface area contributed by atoms with E-state index in [-0.39, 0.29) is 12.0 Å². The summed E-state index contributed by atoms with van der Waals surface area (Å²) in [5, 5.41) is 1.55. The van der Waals surface area contributed by atoms with Crippen LogP contribution in [0.4, 0.5) is 0 Å². The van der Waals surface area contributed by atoms with Crippen molar-refractivity contribution in [3.63, 3.8) is 0 Å². The van der Waals surface area contributed by atoms with Crippen molar-refractivity contribution >= 4 is 14.3 Å². The fourth-order valence-corrected chi connectivity index (χ4v) is 5.65. The van der Waals surface area contributed by atoms with Crippen LogP contribution in [0.5, 0.6) is 0 Å². The van der Waals surface area contributed by atoms with Gasteiger partial charge < -0.3 is 9.16 Å². The smallest absolute Gasteiger partial charge is 0.337 e. The molecule has 0 aromatic heterocycles. The van der Waals surface area contributed by atoms with E-state index in [4.69, 9.17) is 18.8 Å². The van der Waals surface area contributed by atoms with Gasteiger partial charge in [-0.05, 0) is 38.4 Å². The van der Waals surface area contributed by atoms with Gasteiger partial charge in [-0.1, -0.05) is 18.6 Å². The minimum Gasteiger partial charge on any atom is -0.467 e. The first-order chi connectivity index (χ1) is 10.8. The van der Waals surface area contributed by atoms with Crippen molar-refractivity contribution in [1.29, 1.82) is 0 Å². The van der Waals surface area contributed by atoms with Gasteiger partial charge in [-0.3, -0.25) is 4.84 Å². The standard InChI is InChI=1S/C16H29NO5Si/c1-11-12-8-6-7-9-16(12,22-23(3,4)5)21-17-13(11)10-14(20-17)15(18)19-2/h11-14H,6-10H2,1-5H3. The predicted molar refractivity (Wildman–Crippen MR) is 86.5 cm³/mol. The van der Waals surface area contributed by atoms with E-state index in [0.717, 1.165) is 19.3 Å². The molecular formula is C16H29NO5Si. The molecule has 0 N–H and O–H groups in total. The molecule has 3 fully saturated rings. The van der Waals surface area contributed by atoms with Crippen LogP contribution in [0.2, 0.25) is 19.6 Å². The highest BCUT2D eigenvalue weighted by Crippen LogP contribution is 2.51. The zero-order valence-corrected chi connectivity index (χ0v) is 15.8. The Labute approximate surface area is 139 Å². The van der Waals surface area contributed by atoms with Crippen LogP contribution in [0, 0.1) is 11.8 Å². The Morgan fingerprint density at radius 1 is 1.30 bits per heavy atom. The number of hydrogen-bond acceptors (Lipinski definition) is 6. The average molecular weight is 343 g/mol. The number of carbonyl (C=O) groups is 1. The maximum Gasteiger partial charge on any atom is 0.337 e. The number of esters is 1. The third-order valence-electron chi connectivity index (χ3n) is 5.24. The number of ether oxygens (including phenoxy) is 1. The summed E-state index contributed by atoms with van der Waals surface area (Å²) in [5.41, 5.74) is 0. The summed E-state index contributed by atoms with van der Waals surface area (Å²) in [7, 11) is -0.388. The third kappa shape index (κ3) is 3.22. The third-order valence-corrected chi connectivity index (χ3v) is 6.20. The average Bonchev–Trinajstić information content (AvgIpc) is 2.88. The van der Waals surface area contributed by atoms with Crippen molar-refractivity contribution in [3.05, 3.63) is 0 Å². The van der Waals surface area contributed by atoms with Gasteiger partial charge in [-0.15, -0.1) is 0 Å². The van der Waals surface area contributed by atoms with Crippen LogP contribution in [0.15, 0.2) is 0 Å². The molecule has 0 amide bonds. The summed E-state index contributed by atoms with van der Waals surface area (Å²) in [6.07, 6.45) is 4.36. The molecule has 2 heterocycles. The second-order valence-electron chi connectivity index (χ2n) is 8.03. The summed E-state index contributed by atoms with van der Waals surface area (Å²) in [5.74, 6) is -0.221. The zero-order valence-electron chi connectivity index (χ0n) is 14.8. The van der Waals surface area contributed by atoms with Crippen LogP contribution < -0.4 is 0 Å². The van der Waals surface area contributed by atoms with Gasteiger partial charge in [0, 0.05) is 18.8 Å². The minimum atomic E-state index is -1.78. The first-order valence-electron chi connectivity index (χ1n) is 8.69. The topological polar surface area (TPSA) is 57.2 Å². The number of rotatable bonds is 3. The first-order valence-corrected chi connectivity index (χ1v) is 12.1. The predicted octanol–water partition coefficient (Wildman–Crippen LogP) is 2.85. The molecular weight excluding hydrogens is 314 g/mol. The molecule has 5 unspecified atom stereocenters. The number of carbonyl (C=O) groups excluding carboxylic acids is 1. The SMILES string of the molecule is COC(=O)C1CC2C(C)C3CCCCC3(O[Si](C)(C)C)ON2O1. The summed E-state index contributed by atoms with van der Waals surface area (Å²) < 4.78 is 11.4. The van der Waals surface area contributed by atoms with E-state index in [2.05, 4.69) is 26.6 Å². The van der Waals surface area contributed by atoms with Crippen molar-refractivity contribution in [2.45, 2.75) is 76.6 Å². The van der Waals surface area contributed by atoms with Crippen LogP contribution in [-0.4, -0.2) is 44.6 Å². The molecule has 0 aromatic rings. The molecule has 132 valence electrons. The van der Waals surface area contributed by atoms with Crippen molar-refractivity contribution in [1.82, 2.24) is 5.23 Å². The lowest BCUT2D eigenvalue weighted by Gasteiger charge is -2.54. The van der Waals surface area contributed by atoms with Gasteiger partial charge >= 0.3 is 5.97 Å². The molecule has 0 bridgehead atoms. The van der Waals surface area contributed by atoms with E-state index in [1.807, 2.05) is 0 Å².